The van der Waals surface area contributed by atoms with Gasteiger partial charge in [0.05, 0.1) is 15.6 Å². The molecule has 136 valence electrons. The van der Waals surface area contributed by atoms with E-state index in [1.54, 1.807) is 30.0 Å². The lowest BCUT2D eigenvalue weighted by molar-refractivity contribution is -0.131. The molecule has 0 spiro atoms. The van der Waals surface area contributed by atoms with Crippen molar-refractivity contribution in [1.82, 2.24) is 14.8 Å². The monoisotopic (exact) mass is 397 g/mol. The molecule has 1 aliphatic heterocycles. The number of hydrogen-bond donors (Lipinski definition) is 0. The summed E-state index contributed by atoms with van der Waals surface area (Å²) in [6, 6.07) is 6.40. The van der Waals surface area contributed by atoms with Crippen molar-refractivity contribution in [2.75, 3.05) is 19.6 Å². The molecule has 1 unspecified atom stereocenters. The van der Waals surface area contributed by atoms with Crippen LogP contribution in [-0.2, 0) is 4.79 Å². The molecule has 0 saturated carbocycles. The summed E-state index contributed by atoms with van der Waals surface area (Å²) in [5.41, 5.74) is 0.932. The fraction of sp³-hybridized carbons (Fsp3) is 0.556. The summed E-state index contributed by atoms with van der Waals surface area (Å²) in [5.74, 6) is 0.144. The highest BCUT2D eigenvalue weighted by molar-refractivity contribution is 8.01. The number of carbonyl (C=O) groups is 1. The zero-order valence-electron chi connectivity index (χ0n) is 14.9. The summed E-state index contributed by atoms with van der Waals surface area (Å²) in [6.07, 6.45) is 2.29. The van der Waals surface area contributed by atoms with Crippen molar-refractivity contribution in [1.29, 1.82) is 0 Å². The van der Waals surface area contributed by atoms with Crippen molar-refractivity contribution in [2.24, 2.45) is 0 Å². The third-order valence-corrected chi connectivity index (χ3v) is 7.37. The second-order valence-electron chi connectivity index (χ2n) is 6.34. The van der Waals surface area contributed by atoms with Gasteiger partial charge in [0.25, 0.3) is 0 Å². The van der Waals surface area contributed by atoms with Crippen molar-refractivity contribution in [2.45, 2.75) is 49.4 Å². The number of fused-ring (bicyclic) bond motifs is 1. The van der Waals surface area contributed by atoms with Gasteiger partial charge in [-0.3, -0.25) is 9.69 Å². The number of hydrogen-bond acceptors (Lipinski definition) is 5. The van der Waals surface area contributed by atoms with E-state index in [0.29, 0.717) is 11.1 Å². The Balaban J connectivity index is 1.80. The second kappa shape index (κ2) is 8.25. The molecule has 0 aliphatic carbocycles. The van der Waals surface area contributed by atoms with E-state index in [1.807, 2.05) is 23.1 Å². The largest absolute Gasteiger partial charge is 0.328 e. The van der Waals surface area contributed by atoms with Crippen LogP contribution in [0.25, 0.3) is 10.2 Å². The van der Waals surface area contributed by atoms with Crippen LogP contribution < -0.4 is 0 Å². The summed E-state index contributed by atoms with van der Waals surface area (Å²) in [6.45, 7) is 8.79. The van der Waals surface area contributed by atoms with Crippen molar-refractivity contribution in [3.8, 4) is 0 Å². The molecule has 1 fully saturated rings. The third kappa shape index (κ3) is 4.30. The predicted molar refractivity (Wildman–Crippen MR) is 108 cm³/mol. The maximum atomic E-state index is 12.1. The van der Waals surface area contributed by atoms with Gasteiger partial charge in [-0.05, 0) is 31.0 Å². The van der Waals surface area contributed by atoms with Crippen LogP contribution >= 0.6 is 34.7 Å². The number of thioether (sulfide) groups is 1. The highest BCUT2D eigenvalue weighted by Gasteiger charge is 2.32. The number of aromatic nitrogens is 1. The first kappa shape index (κ1) is 19.0. The number of halogens is 1. The summed E-state index contributed by atoms with van der Waals surface area (Å²) >= 11 is 9.44. The van der Waals surface area contributed by atoms with Gasteiger partial charge in [0.15, 0.2) is 4.34 Å². The molecule has 1 aromatic carbocycles. The molecule has 7 heteroatoms. The zero-order valence-corrected chi connectivity index (χ0v) is 17.3. The summed E-state index contributed by atoms with van der Waals surface area (Å²) < 4.78 is 2.13. The van der Waals surface area contributed by atoms with Crippen molar-refractivity contribution < 1.29 is 4.79 Å². The maximum Gasteiger partial charge on any atom is 0.220 e. The van der Waals surface area contributed by atoms with E-state index in [-0.39, 0.29) is 11.3 Å². The number of rotatable bonds is 5. The van der Waals surface area contributed by atoms with Crippen LogP contribution in [0.1, 0.15) is 33.6 Å². The molecule has 4 nitrogen and oxygen atoms in total. The minimum absolute atomic E-state index is 0.114. The van der Waals surface area contributed by atoms with Crippen LogP contribution in [0.4, 0.5) is 0 Å². The Bertz CT molecular complexity index is 747. The van der Waals surface area contributed by atoms with Crippen LogP contribution in [-0.4, -0.2) is 51.7 Å². The summed E-state index contributed by atoms with van der Waals surface area (Å²) in [4.78, 5) is 21.3. The van der Waals surface area contributed by atoms with Crippen LogP contribution in [0, 0.1) is 0 Å². The lowest BCUT2D eigenvalue weighted by atomic mass is 10.1. The standard InChI is InChI=1S/C18H24ClN3OS2/c1-4-14(5-2)21-8-9-22(12(3)23)17(11-21)25-18-20-15-10-13(19)6-7-16(15)24-18/h6-7,10,14,17H,4-5,8-9,11H2,1-3H3. The van der Waals surface area contributed by atoms with Crippen LogP contribution in [0.15, 0.2) is 22.5 Å². The highest BCUT2D eigenvalue weighted by Crippen LogP contribution is 2.36. The molecule has 1 atom stereocenters. The smallest absolute Gasteiger partial charge is 0.220 e. The van der Waals surface area contributed by atoms with Gasteiger partial charge in [0, 0.05) is 37.6 Å². The molecule has 0 bridgehead atoms. The van der Waals surface area contributed by atoms with Crippen LogP contribution in [0.2, 0.25) is 5.02 Å². The van der Waals surface area contributed by atoms with Crippen molar-refractivity contribution in [3.63, 3.8) is 0 Å². The highest BCUT2D eigenvalue weighted by atomic mass is 35.5. The lowest BCUT2D eigenvalue weighted by Gasteiger charge is -2.43. The maximum absolute atomic E-state index is 12.1. The van der Waals surface area contributed by atoms with E-state index in [1.165, 1.54) is 0 Å². The van der Waals surface area contributed by atoms with Gasteiger partial charge in [0.2, 0.25) is 5.91 Å². The Hall–Kier alpha value is -0.820. The van der Waals surface area contributed by atoms with Gasteiger partial charge >= 0.3 is 0 Å². The first-order chi connectivity index (χ1) is 12.0. The van der Waals surface area contributed by atoms with Gasteiger partial charge in [-0.1, -0.05) is 37.2 Å². The molecule has 2 heterocycles. The van der Waals surface area contributed by atoms with E-state index in [9.17, 15) is 4.79 Å². The Morgan fingerprint density at radius 1 is 1.40 bits per heavy atom. The predicted octanol–water partition coefficient (Wildman–Crippen LogP) is 4.72. The number of carbonyl (C=O) groups excluding carboxylic acids is 1. The van der Waals surface area contributed by atoms with Crippen molar-refractivity contribution >= 4 is 50.8 Å². The van der Waals surface area contributed by atoms with E-state index in [2.05, 4.69) is 18.7 Å². The van der Waals surface area contributed by atoms with E-state index in [0.717, 1.165) is 47.0 Å². The molecular weight excluding hydrogens is 374 g/mol. The quantitative estimate of drug-likeness (QED) is 0.731. The molecule has 1 amide bonds. The lowest BCUT2D eigenvalue weighted by Crippen LogP contribution is -2.55. The van der Waals surface area contributed by atoms with Crippen molar-refractivity contribution in [3.05, 3.63) is 23.2 Å². The minimum Gasteiger partial charge on any atom is -0.328 e. The van der Waals surface area contributed by atoms with Gasteiger partial charge in [-0.15, -0.1) is 11.3 Å². The van der Waals surface area contributed by atoms with Crippen LogP contribution in [0.3, 0.4) is 0 Å². The van der Waals surface area contributed by atoms with E-state index < -0.39 is 0 Å². The van der Waals surface area contributed by atoms with Crippen LogP contribution in [0.5, 0.6) is 0 Å². The Labute approximate surface area is 162 Å². The number of benzene rings is 1. The molecule has 1 aromatic heterocycles. The van der Waals surface area contributed by atoms with E-state index >= 15 is 0 Å². The molecule has 0 N–H and O–H groups in total. The second-order valence-corrected chi connectivity index (χ2v) is 9.23. The number of piperazine rings is 1. The Kier molecular flexibility index (Phi) is 6.25. The number of thiazole rings is 1. The Morgan fingerprint density at radius 2 is 2.16 bits per heavy atom. The Morgan fingerprint density at radius 3 is 2.84 bits per heavy atom. The molecule has 25 heavy (non-hydrogen) atoms. The number of nitrogens with zero attached hydrogens (tertiary/aromatic N) is 3. The molecule has 1 aliphatic rings. The molecule has 3 rings (SSSR count). The first-order valence-corrected chi connectivity index (χ1v) is 10.8. The molecular formula is C18H24ClN3OS2. The SMILES string of the molecule is CCC(CC)N1CCN(C(C)=O)C(Sc2nc3cc(Cl)ccc3s2)C1. The van der Waals surface area contributed by atoms with E-state index in [4.69, 9.17) is 16.6 Å². The third-order valence-electron chi connectivity index (χ3n) is 4.80. The summed E-state index contributed by atoms with van der Waals surface area (Å²) in [5, 5.41) is 0.820. The number of amides is 1. The average molecular weight is 398 g/mol. The zero-order chi connectivity index (χ0) is 18.0. The average Bonchev–Trinajstić information content (AvgIpc) is 2.97. The fourth-order valence-electron chi connectivity index (χ4n) is 3.41. The van der Waals surface area contributed by atoms with Gasteiger partial charge in [-0.2, -0.15) is 0 Å². The summed E-state index contributed by atoms with van der Waals surface area (Å²) in [7, 11) is 0. The van der Waals surface area contributed by atoms with Gasteiger partial charge in [0.1, 0.15) is 0 Å². The fourth-order valence-corrected chi connectivity index (χ4v) is 6.08. The van der Waals surface area contributed by atoms with Gasteiger partial charge in [-0.25, -0.2) is 4.98 Å². The molecule has 2 aromatic rings. The molecule has 1 saturated heterocycles. The first-order valence-electron chi connectivity index (χ1n) is 8.75. The van der Waals surface area contributed by atoms with Gasteiger partial charge < -0.3 is 4.90 Å². The molecule has 0 radical (unpaired) electrons. The topological polar surface area (TPSA) is 36.4 Å². The normalized spacial score (nSPS) is 19.1. The minimum atomic E-state index is 0.114.